The van der Waals surface area contributed by atoms with Crippen LogP contribution in [-0.2, 0) is 16.4 Å². The van der Waals surface area contributed by atoms with Gasteiger partial charge in [-0.3, -0.25) is 0 Å². The summed E-state index contributed by atoms with van der Waals surface area (Å²) in [5.74, 6) is 0. The zero-order chi connectivity index (χ0) is 15.2. The Bertz CT molecular complexity index is 495. The van der Waals surface area contributed by atoms with E-state index in [9.17, 15) is 8.42 Å². The maximum atomic E-state index is 12.1. The molecule has 0 fully saturated rings. The summed E-state index contributed by atoms with van der Waals surface area (Å²) >= 11 is 0. The van der Waals surface area contributed by atoms with Gasteiger partial charge in [0.25, 0.3) is 0 Å². The molecule has 0 heterocycles. The summed E-state index contributed by atoms with van der Waals surface area (Å²) < 4.78 is 26.8. The molecule has 0 radical (unpaired) electrons. The van der Waals surface area contributed by atoms with E-state index in [1.807, 2.05) is 26.0 Å². The van der Waals surface area contributed by atoms with Crippen LogP contribution in [0.1, 0.15) is 39.7 Å². The van der Waals surface area contributed by atoms with E-state index in [4.69, 9.17) is 0 Å². The lowest BCUT2D eigenvalue weighted by molar-refractivity contribution is 0.556. The highest BCUT2D eigenvalue weighted by Gasteiger charge is 2.15. The number of hydrogen-bond acceptors (Lipinski definition) is 3. The molecule has 0 saturated carbocycles. The third kappa shape index (κ3) is 5.61. The van der Waals surface area contributed by atoms with E-state index in [0.717, 1.165) is 24.9 Å². The Kier molecular flexibility index (Phi) is 6.65. The second kappa shape index (κ2) is 7.76. The fourth-order valence-electron chi connectivity index (χ4n) is 1.76. The number of sulfonamides is 1. The number of benzene rings is 1. The van der Waals surface area contributed by atoms with E-state index in [-0.39, 0.29) is 6.04 Å². The highest BCUT2D eigenvalue weighted by molar-refractivity contribution is 7.89. The third-order valence-corrected chi connectivity index (χ3v) is 4.77. The van der Waals surface area contributed by atoms with Gasteiger partial charge in [0.15, 0.2) is 0 Å². The van der Waals surface area contributed by atoms with E-state index >= 15 is 0 Å². The Morgan fingerprint density at radius 3 is 2.20 bits per heavy atom. The van der Waals surface area contributed by atoms with Gasteiger partial charge in [-0.15, -0.1) is 0 Å². The first-order chi connectivity index (χ1) is 9.35. The number of hydrogen-bond donors (Lipinski definition) is 2. The van der Waals surface area contributed by atoms with Gasteiger partial charge in [0.1, 0.15) is 0 Å². The van der Waals surface area contributed by atoms with Gasteiger partial charge in [-0.1, -0.05) is 32.9 Å². The van der Waals surface area contributed by atoms with Gasteiger partial charge in [-0.2, -0.15) is 0 Å². The van der Waals surface area contributed by atoms with Crippen molar-refractivity contribution in [2.75, 3.05) is 6.54 Å². The topological polar surface area (TPSA) is 58.2 Å². The van der Waals surface area contributed by atoms with Gasteiger partial charge in [0.2, 0.25) is 10.0 Å². The SMILES string of the molecule is CCC(C)NS(=O)(=O)c1ccc(CCNC(C)C)cc1. The van der Waals surface area contributed by atoms with Crippen LogP contribution in [-0.4, -0.2) is 27.0 Å². The van der Waals surface area contributed by atoms with Crippen LogP contribution in [0, 0.1) is 0 Å². The Morgan fingerprint density at radius 1 is 1.10 bits per heavy atom. The Labute approximate surface area is 123 Å². The second-order valence-electron chi connectivity index (χ2n) is 5.43. The van der Waals surface area contributed by atoms with Crippen molar-refractivity contribution in [3.63, 3.8) is 0 Å². The van der Waals surface area contributed by atoms with Gasteiger partial charge >= 0.3 is 0 Å². The van der Waals surface area contributed by atoms with Crippen molar-refractivity contribution in [2.24, 2.45) is 0 Å². The van der Waals surface area contributed by atoms with Crippen LogP contribution in [0.25, 0.3) is 0 Å². The van der Waals surface area contributed by atoms with Crippen molar-refractivity contribution in [2.45, 2.75) is 57.5 Å². The average molecular weight is 298 g/mol. The molecule has 5 heteroatoms. The van der Waals surface area contributed by atoms with E-state index in [2.05, 4.69) is 23.9 Å². The van der Waals surface area contributed by atoms with Gasteiger partial charge in [0.05, 0.1) is 4.90 Å². The van der Waals surface area contributed by atoms with Crippen molar-refractivity contribution >= 4 is 10.0 Å². The molecule has 0 bridgehead atoms. The molecule has 0 aliphatic heterocycles. The molecule has 0 saturated heterocycles. The fraction of sp³-hybridized carbons (Fsp3) is 0.600. The second-order valence-corrected chi connectivity index (χ2v) is 7.15. The molecule has 4 nitrogen and oxygen atoms in total. The molecule has 0 aliphatic rings. The smallest absolute Gasteiger partial charge is 0.240 e. The molecule has 2 N–H and O–H groups in total. The minimum absolute atomic E-state index is 0.0464. The van der Waals surface area contributed by atoms with Crippen molar-refractivity contribution in [3.8, 4) is 0 Å². The molecule has 114 valence electrons. The highest BCUT2D eigenvalue weighted by atomic mass is 32.2. The lowest BCUT2D eigenvalue weighted by atomic mass is 10.1. The molecule has 20 heavy (non-hydrogen) atoms. The summed E-state index contributed by atoms with van der Waals surface area (Å²) in [6.45, 7) is 8.93. The van der Waals surface area contributed by atoms with Crippen LogP contribution in [0.3, 0.4) is 0 Å². The summed E-state index contributed by atoms with van der Waals surface area (Å²) in [5.41, 5.74) is 1.14. The lowest BCUT2D eigenvalue weighted by Gasteiger charge is -2.12. The van der Waals surface area contributed by atoms with Crippen LogP contribution < -0.4 is 10.0 Å². The van der Waals surface area contributed by atoms with Crippen LogP contribution in [0.15, 0.2) is 29.2 Å². The largest absolute Gasteiger partial charge is 0.314 e. The Hall–Kier alpha value is -0.910. The molecule has 1 aromatic rings. The predicted molar refractivity (Wildman–Crippen MR) is 83.4 cm³/mol. The van der Waals surface area contributed by atoms with Crippen molar-refractivity contribution < 1.29 is 8.42 Å². The molecular weight excluding hydrogens is 272 g/mol. The minimum atomic E-state index is -3.39. The molecular formula is C15H26N2O2S. The standard InChI is InChI=1S/C15H26N2O2S/c1-5-13(4)17-20(18,19)15-8-6-14(7-9-15)10-11-16-12(2)3/h6-9,12-13,16-17H,5,10-11H2,1-4H3. The maximum Gasteiger partial charge on any atom is 0.240 e. The molecule has 0 aromatic heterocycles. The molecule has 1 atom stereocenters. The number of rotatable bonds is 8. The Balaban J connectivity index is 2.66. The lowest BCUT2D eigenvalue weighted by Crippen LogP contribution is -2.32. The summed E-state index contributed by atoms with van der Waals surface area (Å²) in [5, 5.41) is 3.34. The molecule has 1 aromatic carbocycles. The van der Waals surface area contributed by atoms with E-state index in [1.54, 1.807) is 12.1 Å². The molecule has 0 spiro atoms. The maximum absolute atomic E-state index is 12.1. The minimum Gasteiger partial charge on any atom is -0.314 e. The first kappa shape index (κ1) is 17.1. The van der Waals surface area contributed by atoms with Gasteiger partial charge in [-0.25, -0.2) is 13.1 Å². The fourth-order valence-corrected chi connectivity index (χ4v) is 3.08. The zero-order valence-corrected chi connectivity index (χ0v) is 13.6. The van der Waals surface area contributed by atoms with Gasteiger partial charge in [-0.05, 0) is 44.0 Å². The van der Waals surface area contributed by atoms with Crippen LogP contribution in [0.2, 0.25) is 0 Å². The highest BCUT2D eigenvalue weighted by Crippen LogP contribution is 2.12. The summed E-state index contributed by atoms with van der Waals surface area (Å²) in [7, 11) is -3.39. The monoisotopic (exact) mass is 298 g/mol. The van der Waals surface area contributed by atoms with Crippen LogP contribution >= 0.6 is 0 Å². The summed E-state index contributed by atoms with van der Waals surface area (Å²) in [6, 6.07) is 7.54. The molecule has 0 amide bonds. The van der Waals surface area contributed by atoms with Gasteiger partial charge < -0.3 is 5.32 Å². The molecule has 1 rings (SSSR count). The van der Waals surface area contributed by atoms with E-state index < -0.39 is 10.0 Å². The summed E-state index contributed by atoms with van der Waals surface area (Å²) in [4.78, 5) is 0.332. The molecule has 1 unspecified atom stereocenters. The van der Waals surface area contributed by atoms with E-state index in [0.29, 0.717) is 10.9 Å². The van der Waals surface area contributed by atoms with Crippen molar-refractivity contribution in [1.82, 2.24) is 10.0 Å². The first-order valence-electron chi connectivity index (χ1n) is 7.19. The number of nitrogens with one attached hydrogen (secondary N) is 2. The summed E-state index contributed by atoms with van der Waals surface area (Å²) in [6.07, 6.45) is 1.68. The van der Waals surface area contributed by atoms with Crippen molar-refractivity contribution in [3.05, 3.63) is 29.8 Å². The quantitative estimate of drug-likeness (QED) is 0.774. The van der Waals surface area contributed by atoms with Crippen LogP contribution in [0.4, 0.5) is 0 Å². The predicted octanol–water partition coefficient (Wildman–Crippen LogP) is 2.30. The van der Waals surface area contributed by atoms with Gasteiger partial charge in [0, 0.05) is 12.1 Å². The van der Waals surface area contributed by atoms with Crippen LogP contribution in [0.5, 0.6) is 0 Å². The average Bonchev–Trinajstić information content (AvgIpc) is 2.38. The Morgan fingerprint density at radius 2 is 1.70 bits per heavy atom. The normalized spacial score (nSPS) is 13.7. The first-order valence-corrected chi connectivity index (χ1v) is 8.68. The van der Waals surface area contributed by atoms with E-state index in [1.165, 1.54) is 0 Å². The van der Waals surface area contributed by atoms with Crippen molar-refractivity contribution in [1.29, 1.82) is 0 Å². The third-order valence-electron chi connectivity index (χ3n) is 3.17. The molecule has 0 aliphatic carbocycles. The zero-order valence-electron chi connectivity index (χ0n) is 12.8.